The van der Waals surface area contributed by atoms with Crippen LogP contribution in [-0.4, -0.2) is 29.1 Å². The van der Waals surface area contributed by atoms with Crippen molar-refractivity contribution in [3.05, 3.63) is 47.2 Å². The molecule has 0 saturated carbocycles. The summed E-state index contributed by atoms with van der Waals surface area (Å²) < 4.78 is 0. The number of Topliss-reactive ketones (excluding diaryl/α,β-unsaturated/α-hetero) is 2. The molecule has 2 heterocycles. The van der Waals surface area contributed by atoms with Gasteiger partial charge in [0.1, 0.15) is 0 Å². The number of piperidine rings is 1. The second-order valence-electron chi connectivity index (χ2n) is 8.27. The van der Waals surface area contributed by atoms with Gasteiger partial charge < -0.3 is 4.90 Å². The molecule has 3 aliphatic rings. The lowest BCUT2D eigenvalue weighted by molar-refractivity contribution is -0.127. The van der Waals surface area contributed by atoms with E-state index in [1.165, 1.54) is 0 Å². The van der Waals surface area contributed by atoms with Crippen LogP contribution in [0.5, 0.6) is 0 Å². The molecule has 1 unspecified atom stereocenters. The van der Waals surface area contributed by atoms with Crippen LogP contribution in [-0.2, 0) is 9.59 Å². The van der Waals surface area contributed by atoms with Gasteiger partial charge in [-0.3, -0.25) is 9.59 Å². The number of nitrogens with zero attached hydrogens (tertiary/aromatic N) is 1. The van der Waals surface area contributed by atoms with Crippen molar-refractivity contribution in [2.45, 2.75) is 57.9 Å². The fourth-order valence-electron chi connectivity index (χ4n) is 4.82. The summed E-state index contributed by atoms with van der Waals surface area (Å²) in [7, 11) is 0. The molecule has 3 nitrogen and oxygen atoms in total. The normalized spacial score (nSPS) is 29.3. The lowest BCUT2D eigenvalue weighted by Gasteiger charge is -2.50. The molecule has 1 aromatic rings. The summed E-state index contributed by atoms with van der Waals surface area (Å²) >= 11 is 0. The molecular formula is C21H25NO2. The highest BCUT2D eigenvalue weighted by Crippen LogP contribution is 2.47. The third kappa shape index (κ3) is 2.42. The Balaban J connectivity index is 1.85. The van der Waals surface area contributed by atoms with E-state index in [1.54, 1.807) is 0 Å². The van der Waals surface area contributed by atoms with E-state index >= 15 is 0 Å². The highest BCUT2D eigenvalue weighted by molar-refractivity contribution is 6.24. The summed E-state index contributed by atoms with van der Waals surface area (Å²) in [5, 5.41) is 0. The molecule has 0 N–H and O–H groups in total. The Hall–Kier alpha value is -1.90. The van der Waals surface area contributed by atoms with Crippen molar-refractivity contribution in [2.24, 2.45) is 5.41 Å². The van der Waals surface area contributed by atoms with Crippen molar-refractivity contribution in [1.29, 1.82) is 0 Å². The van der Waals surface area contributed by atoms with Gasteiger partial charge in [-0.25, -0.2) is 0 Å². The van der Waals surface area contributed by atoms with Gasteiger partial charge in [0.15, 0.2) is 11.6 Å². The average Bonchev–Trinajstić information content (AvgIpc) is 2.54. The van der Waals surface area contributed by atoms with E-state index in [0.29, 0.717) is 12.0 Å². The number of hydrogen-bond acceptors (Lipinski definition) is 3. The van der Waals surface area contributed by atoms with Gasteiger partial charge in [-0.2, -0.15) is 0 Å². The summed E-state index contributed by atoms with van der Waals surface area (Å²) in [4.78, 5) is 28.5. The van der Waals surface area contributed by atoms with Crippen LogP contribution in [0.2, 0.25) is 0 Å². The first-order chi connectivity index (χ1) is 11.5. The molecule has 2 aliphatic heterocycles. The average molecular weight is 323 g/mol. The van der Waals surface area contributed by atoms with E-state index in [9.17, 15) is 9.59 Å². The lowest BCUT2D eigenvalue weighted by Crippen LogP contribution is -2.52. The standard InChI is InChI=1S/C21H25NO2/c1-21(2)12-16-19(17(23)13-21)20(24)18(14-8-4-3-5-9-14)15-10-6-7-11-22(15)16/h3-5,8-9,15,18H,6-7,10-13H2,1-2H3/t15-,18?/m0/s1. The van der Waals surface area contributed by atoms with Crippen LogP contribution in [0.1, 0.15) is 57.4 Å². The zero-order valence-electron chi connectivity index (χ0n) is 14.5. The van der Waals surface area contributed by atoms with Crippen molar-refractivity contribution >= 4 is 11.6 Å². The number of carbonyl (C=O) groups is 2. The molecule has 1 saturated heterocycles. The number of allylic oxidation sites excluding steroid dienone is 2. The van der Waals surface area contributed by atoms with Crippen LogP contribution in [0.3, 0.4) is 0 Å². The number of hydrogen-bond donors (Lipinski definition) is 0. The van der Waals surface area contributed by atoms with Crippen molar-refractivity contribution in [3.8, 4) is 0 Å². The second kappa shape index (κ2) is 5.58. The Morgan fingerprint density at radius 3 is 2.54 bits per heavy atom. The highest BCUT2D eigenvalue weighted by atomic mass is 16.2. The maximum Gasteiger partial charge on any atom is 0.177 e. The van der Waals surface area contributed by atoms with E-state index in [-0.39, 0.29) is 28.9 Å². The first-order valence-electron chi connectivity index (χ1n) is 9.10. The lowest BCUT2D eigenvalue weighted by atomic mass is 9.68. The largest absolute Gasteiger partial charge is 0.370 e. The van der Waals surface area contributed by atoms with Gasteiger partial charge in [0.05, 0.1) is 11.5 Å². The third-order valence-corrected chi connectivity index (χ3v) is 5.82. The maximum absolute atomic E-state index is 13.3. The smallest absolute Gasteiger partial charge is 0.177 e. The molecule has 0 bridgehead atoms. The SMILES string of the molecule is CC1(C)CC(=O)C2=C(C1)N1CCCC[C@H]1C(c1ccccc1)C2=O. The Bertz CT molecular complexity index is 717. The number of benzene rings is 1. The summed E-state index contributed by atoms with van der Waals surface area (Å²) in [5.41, 5.74) is 2.57. The molecular weight excluding hydrogens is 298 g/mol. The summed E-state index contributed by atoms with van der Waals surface area (Å²) in [5.74, 6) is -0.0635. The van der Waals surface area contributed by atoms with E-state index in [0.717, 1.165) is 43.5 Å². The number of carbonyl (C=O) groups excluding carboxylic acids is 2. The van der Waals surface area contributed by atoms with E-state index < -0.39 is 0 Å². The van der Waals surface area contributed by atoms with Crippen LogP contribution >= 0.6 is 0 Å². The number of ketones is 2. The van der Waals surface area contributed by atoms with Gasteiger partial charge in [0, 0.05) is 24.7 Å². The minimum Gasteiger partial charge on any atom is -0.370 e. The molecule has 126 valence electrons. The van der Waals surface area contributed by atoms with Crippen LogP contribution in [0.15, 0.2) is 41.6 Å². The van der Waals surface area contributed by atoms with E-state index in [1.807, 2.05) is 30.3 Å². The molecule has 1 aromatic carbocycles. The first kappa shape index (κ1) is 15.6. The quantitative estimate of drug-likeness (QED) is 0.737. The van der Waals surface area contributed by atoms with Crippen LogP contribution in [0.4, 0.5) is 0 Å². The van der Waals surface area contributed by atoms with Gasteiger partial charge in [-0.1, -0.05) is 44.2 Å². The fourth-order valence-corrected chi connectivity index (χ4v) is 4.82. The molecule has 0 spiro atoms. The third-order valence-electron chi connectivity index (χ3n) is 5.82. The Kier molecular flexibility index (Phi) is 3.63. The van der Waals surface area contributed by atoms with Gasteiger partial charge in [-0.15, -0.1) is 0 Å². The van der Waals surface area contributed by atoms with Crippen LogP contribution in [0.25, 0.3) is 0 Å². The van der Waals surface area contributed by atoms with Crippen molar-refractivity contribution in [1.82, 2.24) is 4.90 Å². The zero-order valence-corrected chi connectivity index (χ0v) is 14.5. The first-order valence-corrected chi connectivity index (χ1v) is 9.10. The summed E-state index contributed by atoms with van der Waals surface area (Å²) in [6, 6.07) is 10.3. The predicted molar refractivity (Wildman–Crippen MR) is 93.6 cm³/mol. The topological polar surface area (TPSA) is 37.4 Å². The minimum atomic E-state index is -0.185. The molecule has 4 rings (SSSR count). The molecule has 3 heteroatoms. The molecule has 1 aliphatic carbocycles. The van der Waals surface area contributed by atoms with Gasteiger partial charge in [0.25, 0.3) is 0 Å². The monoisotopic (exact) mass is 323 g/mol. The Morgan fingerprint density at radius 1 is 1.04 bits per heavy atom. The van der Waals surface area contributed by atoms with Crippen molar-refractivity contribution < 1.29 is 9.59 Å². The predicted octanol–water partition coefficient (Wildman–Crippen LogP) is 3.85. The second-order valence-corrected chi connectivity index (χ2v) is 8.27. The molecule has 0 amide bonds. The highest BCUT2D eigenvalue weighted by Gasteiger charge is 2.48. The van der Waals surface area contributed by atoms with Gasteiger partial charge in [0.2, 0.25) is 0 Å². The molecule has 1 fully saturated rings. The van der Waals surface area contributed by atoms with Gasteiger partial charge >= 0.3 is 0 Å². The molecule has 24 heavy (non-hydrogen) atoms. The van der Waals surface area contributed by atoms with E-state index in [4.69, 9.17) is 0 Å². The van der Waals surface area contributed by atoms with Crippen LogP contribution in [0, 0.1) is 5.41 Å². The number of fused-ring (bicyclic) bond motifs is 2. The molecule has 0 aromatic heterocycles. The molecule has 2 atom stereocenters. The maximum atomic E-state index is 13.3. The molecule has 0 radical (unpaired) electrons. The van der Waals surface area contributed by atoms with Gasteiger partial charge in [-0.05, 0) is 36.7 Å². The number of rotatable bonds is 1. The summed E-state index contributed by atoms with van der Waals surface area (Å²) in [6.45, 7) is 5.26. The Labute approximate surface area is 143 Å². The zero-order chi connectivity index (χ0) is 16.9. The van der Waals surface area contributed by atoms with Crippen molar-refractivity contribution in [3.63, 3.8) is 0 Å². The Morgan fingerprint density at radius 2 is 1.79 bits per heavy atom. The van der Waals surface area contributed by atoms with E-state index in [2.05, 4.69) is 18.7 Å². The summed E-state index contributed by atoms with van der Waals surface area (Å²) in [6.07, 6.45) is 4.68. The van der Waals surface area contributed by atoms with Crippen LogP contribution < -0.4 is 0 Å². The fraction of sp³-hybridized carbons (Fsp3) is 0.524. The minimum absolute atomic E-state index is 0.0439. The van der Waals surface area contributed by atoms with Crippen molar-refractivity contribution in [2.75, 3.05) is 6.54 Å².